The SMILES string of the molecule is CN=Cc1ccc(Br)cc1O. The summed E-state index contributed by atoms with van der Waals surface area (Å²) in [7, 11) is 1.67. The highest BCUT2D eigenvalue weighted by Crippen LogP contribution is 2.20. The van der Waals surface area contributed by atoms with Crippen LogP contribution in [0.3, 0.4) is 0 Å². The van der Waals surface area contributed by atoms with Crippen molar-refractivity contribution in [1.82, 2.24) is 0 Å². The average molecular weight is 214 g/mol. The van der Waals surface area contributed by atoms with Crippen LogP contribution >= 0.6 is 15.9 Å². The summed E-state index contributed by atoms with van der Waals surface area (Å²) in [6, 6.07) is 5.29. The number of aliphatic imine (C=N–C) groups is 1. The Morgan fingerprint density at radius 1 is 1.55 bits per heavy atom. The fraction of sp³-hybridized carbons (Fsp3) is 0.125. The Balaban J connectivity index is 3.09. The molecule has 0 aliphatic heterocycles. The van der Waals surface area contributed by atoms with Gasteiger partial charge in [0, 0.05) is 23.3 Å². The first kappa shape index (κ1) is 8.27. The van der Waals surface area contributed by atoms with Gasteiger partial charge in [-0.2, -0.15) is 0 Å². The zero-order valence-corrected chi connectivity index (χ0v) is 7.67. The quantitative estimate of drug-likeness (QED) is 0.714. The lowest BCUT2D eigenvalue weighted by atomic mass is 10.2. The molecule has 0 amide bonds. The summed E-state index contributed by atoms with van der Waals surface area (Å²) in [5.74, 6) is 0.241. The van der Waals surface area contributed by atoms with Crippen molar-refractivity contribution in [3.05, 3.63) is 28.2 Å². The third kappa shape index (κ3) is 2.05. The molecule has 11 heavy (non-hydrogen) atoms. The number of nitrogens with zero attached hydrogens (tertiary/aromatic N) is 1. The second-order valence-electron chi connectivity index (χ2n) is 2.09. The van der Waals surface area contributed by atoms with Crippen molar-refractivity contribution >= 4 is 22.1 Å². The molecule has 0 radical (unpaired) electrons. The highest BCUT2D eigenvalue weighted by molar-refractivity contribution is 9.10. The molecule has 1 N–H and O–H groups in total. The molecule has 0 heterocycles. The van der Waals surface area contributed by atoms with E-state index in [1.54, 1.807) is 25.4 Å². The van der Waals surface area contributed by atoms with Gasteiger partial charge in [0.1, 0.15) is 5.75 Å². The molecule has 0 spiro atoms. The molecule has 0 saturated heterocycles. The first-order valence-electron chi connectivity index (χ1n) is 3.14. The van der Waals surface area contributed by atoms with Crippen molar-refractivity contribution in [1.29, 1.82) is 0 Å². The van der Waals surface area contributed by atoms with Crippen LogP contribution in [0.15, 0.2) is 27.7 Å². The third-order valence-corrected chi connectivity index (χ3v) is 1.75. The van der Waals surface area contributed by atoms with Crippen LogP contribution in [0, 0.1) is 0 Å². The summed E-state index contributed by atoms with van der Waals surface area (Å²) in [6.07, 6.45) is 1.61. The zero-order valence-electron chi connectivity index (χ0n) is 6.08. The summed E-state index contributed by atoms with van der Waals surface area (Å²) in [4.78, 5) is 3.80. The van der Waals surface area contributed by atoms with E-state index in [1.165, 1.54) is 0 Å². The molecular formula is C8H8BrNO. The van der Waals surface area contributed by atoms with Crippen molar-refractivity contribution < 1.29 is 5.11 Å². The number of hydrogen-bond acceptors (Lipinski definition) is 2. The normalized spacial score (nSPS) is 10.7. The average Bonchev–Trinajstić information content (AvgIpc) is 1.95. The predicted molar refractivity (Wildman–Crippen MR) is 49.3 cm³/mol. The summed E-state index contributed by atoms with van der Waals surface area (Å²) in [6.45, 7) is 0. The first-order chi connectivity index (χ1) is 5.24. The standard InChI is InChI=1S/C8H8BrNO/c1-10-5-6-2-3-7(9)4-8(6)11/h2-5,11H,1H3. The minimum Gasteiger partial charge on any atom is -0.507 e. The van der Waals surface area contributed by atoms with Crippen molar-refractivity contribution in [2.24, 2.45) is 4.99 Å². The molecular weight excluding hydrogens is 206 g/mol. The van der Waals surface area contributed by atoms with Gasteiger partial charge in [0.25, 0.3) is 0 Å². The summed E-state index contributed by atoms with van der Waals surface area (Å²) in [5.41, 5.74) is 0.732. The molecule has 1 rings (SSSR count). The van der Waals surface area contributed by atoms with Crippen LogP contribution in [0.4, 0.5) is 0 Å². The van der Waals surface area contributed by atoms with Crippen molar-refractivity contribution in [2.45, 2.75) is 0 Å². The lowest BCUT2D eigenvalue weighted by Gasteiger charge is -1.97. The van der Waals surface area contributed by atoms with Crippen LogP contribution in [0.25, 0.3) is 0 Å². The van der Waals surface area contributed by atoms with Crippen LogP contribution in [-0.4, -0.2) is 18.4 Å². The number of phenols is 1. The zero-order chi connectivity index (χ0) is 8.27. The summed E-state index contributed by atoms with van der Waals surface area (Å²) >= 11 is 3.24. The van der Waals surface area contributed by atoms with Crippen LogP contribution in [-0.2, 0) is 0 Å². The monoisotopic (exact) mass is 213 g/mol. The Bertz CT molecular complexity index is 283. The van der Waals surface area contributed by atoms with E-state index >= 15 is 0 Å². The fourth-order valence-electron chi connectivity index (χ4n) is 0.765. The van der Waals surface area contributed by atoms with Gasteiger partial charge in [-0.15, -0.1) is 0 Å². The number of rotatable bonds is 1. The van der Waals surface area contributed by atoms with E-state index in [2.05, 4.69) is 20.9 Å². The van der Waals surface area contributed by atoms with E-state index in [9.17, 15) is 5.11 Å². The topological polar surface area (TPSA) is 32.6 Å². The maximum atomic E-state index is 9.30. The van der Waals surface area contributed by atoms with Gasteiger partial charge >= 0.3 is 0 Å². The van der Waals surface area contributed by atoms with Gasteiger partial charge in [-0.3, -0.25) is 4.99 Å². The van der Waals surface area contributed by atoms with E-state index in [-0.39, 0.29) is 5.75 Å². The third-order valence-electron chi connectivity index (χ3n) is 1.26. The predicted octanol–water partition coefficient (Wildman–Crippen LogP) is 2.20. The van der Waals surface area contributed by atoms with Crippen molar-refractivity contribution in [2.75, 3.05) is 7.05 Å². The van der Waals surface area contributed by atoms with E-state index in [4.69, 9.17) is 0 Å². The molecule has 3 heteroatoms. The molecule has 1 aromatic carbocycles. The van der Waals surface area contributed by atoms with E-state index in [1.807, 2.05) is 6.07 Å². The molecule has 0 aliphatic carbocycles. The Morgan fingerprint density at radius 3 is 2.82 bits per heavy atom. The molecule has 2 nitrogen and oxygen atoms in total. The maximum Gasteiger partial charge on any atom is 0.125 e. The van der Waals surface area contributed by atoms with Gasteiger partial charge in [0.05, 0.1) is 0 Å². The van der Waals surface area contributed by atoms with Crippen LogP contribution in [0.1, 0.15) is 5.56 Å². The summed E-state index contributed by atoms with van der Waals surface area (Å²) in [5, 5.41) is 9.30. The number of aromatic hydroxyl groups is 1. The molecule has 0 bridgehead atoms. The fourth-order valence-corrected chi connectivity index (χ4v) is 1.11. The molecule has 0 aliphatic rings. The van der Waals surface area contributed by atoms with E-state index < -0.39 is 0 Å². The lowest BCUT2D eigenvalue weighted by molar-refractivity contribution is 0.474. The largest absolute Gasteiger partial charge is 0.507 e. The minimum atomic E-state index is 0.241. The highest BCUT2D eigenvalue weighted by Gasteiger charge is 1.96. The minimum absolute atomic E-state index is 0.241. The lowest BCUT2D eigenvalue weighted by Crippen LogP contribution is -1.81. The van der Waals surface area contributed by atoms with Gasteiger partial charge in [-0.1, -0.05) is 15.9 Å². The molecule has 58 valence electrons. The van der Waals surface area contributed by atoms with Gasteiger partial charge < -0.3 is 5.11 Å². The van der Waals surface area contributed by atoms with Gasteiger partial charge in [0.2, 0.25) is 0 Å². The molecule has 0 fully saturated rings. The van der Waals surface area contributed by atoms with Crippen LogP contribution in [0.5, 0.6) is 5.75 Å². The molecule has 0 saturated carbocycles. The second kappa shape index (κ2) is 3.53. The highest BCUT2D eigenvalue weighted by atomic mass is 79.9. The second-order valence-corrected chi connectivity index (χ2v) is 3.01. The number of phenolic OH excluding ortho intramolecular Hbond substituents is 1. The number of halogens is 1. The van der Waals surface area contributed by atoms with Gasteiger partial charge in [0.15, 0.2) is 0 Å². The van der Waals surface area contributed by atoms with Crippen molar-refractivity contribution in [3.8, 4) is 5.75 Å². The van der Waals surface area contributed by atoms with Gasteiger partial charge in [-0.25, -0.2) is 0 Å². The van der Waals surface area contributed by atoms with E-state index in [0.717, 1.165) is 10.0 Å². The van der Waals surface area contributed by atoms with E-state index in [0.29, 0.717) is 0 Å². The van der Waals surface area contributed by atoms with Crippen molar-refractivity contribution in [3.63, 3.8) is 0 Å². The molecule has 0 aromatic heterocycles. The smallest absolute Gasteiger partial charge is 0.125 e. The Morgan fingerprint density at radius 2 is 2.27 bits per heavy atom. The van der Waals surface area contributed by atoms with Crippen LogP contribution in [0.2, 0.25) is 0 Å². The van der Waals surface area contributed by atoms with Crippen LogP contribution < -0.4 is 0 Å². The Hall–Kier alpha value is -0.830. The molecule has 1 aromatic rings. The Kier molecular flexibility index (Phi) is 2.65. The van der Waals surface area contributed by atoms with Gasteiger partial charge in [-0.05, 0) is 18.2 Å². The molecule has 0 unspecified atom stereocenters. The number of benzene rings is 1. The maximum absolute atomic E-state index is 9.30. The first-order valence-corrected chi connectivity index (χ1v) is 3.94. The number of hydrogen-bond donors (Lipinski definition) is 1. The molecule has 0 atom stereocenters. The Labute approximate surface area is 73.7 Å². The summed E-state index contributed by atoms with van der Waals surface area (Å²) < 4.78 is 0.864.